The Hall–Kier alpha value is -0.720. The summed E-state index contributed by atoms with van der Waals surface area (Å²) in [7, 11) is 0. The van der Waals surface area contributed by atoms with E-state index in [0.717, 1.165) is 101 Å². The van der Waals surface area contributed by atoms with Crippen molar-refractivity contribution in [3.8, 4) is 0 Å². The van der Waals surface area contributed by atoms with E-state index in [2.05, 4.69) is 64.7 Å². The smallest absolute Gasteiger partial charge is 0.0934 e. The molecular formula is C60H109NO4. The third kappa shape index (κ3) is 18.8. The van der Waals surface area contributed by atoms with Crippen LogP contribution in [0, 0.1) is 46.3 Å². The van der Waals surface area contributed by atoms with Crippen LogP contribution in [0.1, 0.15) is 241 Å². The van der Waals surface area contributed by atoms with Gasteiger partial charge in [-0.2, -0.15) is 0 Å². The lowest BCUT2D eigenvalue weighted by molar-refractivity contribution is -0.0651. The molecule has 9 atom stereocenters. The van der Waals surface area contributed by atoms with E-state index >= 15 is 0 Å². The van der Waals surface area contributed by atoms with Crippen LogP contribution in [0.3, 0.4) is 0 Å². The summed E-state index contributed by atoms with van der Waals surface area (Å²) in [6.45, 7) is 23.2. The Bertz CT molecular complexity index is 1270. The van der Waals surface area contributed by atoms with Gasteiger partial charge in [-0.15, -0.1) is 0 Å². The van der Waals surface area contributed by atoms with Gasteiger partial charge in [0, 0.05) is 39.6 Å². The minimum atomic E-state index is 0.157. The quantitative estimate of drug-likeness (QED) is 0.0468. The monoisotopic (exact) mass is 908 g/mol. The Balaban J connectivity index is 0.890. The average molecular weight is 909 g/mol. The fourth-order valence-corrected chi connectivity index (χ4v) is 14.1. The highest BCUT2D eigenvalue weighted by Crippen LogP contribution is 2.67. The molecule has 1 heterocycles. The summed E-state index contributed by atoms with van der Waals surface area (Å²) < 4.78 is 25.4. The van der Waals surface area contributed by atoms with Gasteiger partial charge in [-0.3, -0.25) is 0 Å². The normalized spacial score (nSPS) is 29.4. The van der Waals surface area contributed by atoms with Crippen LogP contribution >= 0.6 is 0 Å². The van der Waals surface area contributed by atoms with Crippen LogP contribution in [-0.4, -0.2) is 76.4 Å². The highest BCUT2D eigenvalue weighted by molar-refractivity contribution is 5.25. The third-order valence-corrected chi connectivity index (χ3v) is 18.1. The lowest BCUT2D eigenvalue weighted by Gasteiger charge is -2.58. The summed E-state index contributed by atoms with van der Waals surface area (Å²) in [5.41, 5.74) is 2.73. The number of hydrogen-bond donors (Lipinski definition) is 0. The maximum Gasteiger partial charge on any atom is 0.0934 e. The molecule has 3 saturated carbocycles. The van der Waals surface area contributed by atoms with Crippen LogP contribution in [0.4, 0.5) is 0 Å². The first-order valence-electron chi connectivity index (χ1n) is 29.2. The van der Waals surface area contributed by atoms with E-state index in [1.807, 2.05) is 0 Å². The number of likely N-dealkylation sites (tertiary alicyclic amines) is 1. The summed E-state index contributed by atoms with van der Waals surface area (Å²) in [4.78, 5) is 2.63. The number of allylic oxidation sites excluding steroid dienone is 3. The van der Waals surface area contributed by atoms with Gasteiger partial charge < -0.3 is 23.8 Å². The lowest BCUT2D eigenvalue weighted by Crippen LogP contribution is -2.51. The molecule has 0 amide bonds. The minimum absolute atomic E-state index is 0.157. The van der Waals surface area contributed by atoms with E-state index in [1.54, 1.807) is 5.57 Å². The molecule has 5 rings (SSSR count). The molecule has 6 unspecified atom stereocenters. The van der Waals surface area contributed by atoms with E-state index < -0.39 is 0 Å². The van der Waals surface area contributed by atoms with Crippen molar-refractivity contribution in [3.05, 3.63) is 23.8 Å². The van der Waals surface area contributed by atoms with E-state index in [4.69, 9.17) is 18.9 Å². The molecule has 1 saturated heterocycles. The number of ether oxygens (including phenoxy) is 4. The Kier molecular flexibility index (Phi) is 26.8. The van der Waals surface area contributed by atoms with Crippen LogP contribution in [0.25, 0.3) is 0 Å². The van der Waals surface area contributed by atoms with Gasteiger partial charge in [0.15, 0.2) is 0 Å². The Labute approximate surface area is 404 Å². The van der Waals surface area contributed by atoms with Gasteiger partial charge in [0.1, 0.15) is 0 Å². The summed E-state index contributed by atoms with van der Waals surface area (Å²) in [6.07, 6.45) is 49.4. The molecule has 5 nitrogen and oxygen atoms in total. The van der Waals surface area contributed by atoms with E-state index in [9.17, 15) is 0 Å². The van der Waals surface area contributed by atoms with Crippen molar-refractivity contribution in [2.75, 3.05) is 59.3 Å². The molecule has 4 fully saturated rings. The molecule has 0 aromatic heterocycles. The summed E-state index contributed by atoms with van der Waals surface area (Å²) >= 11 is 0. The van der Waals surface area contributed by atoms with Gasteiger partial charge in [0.05, 0.1) is 18.8 Å². The summed E-state index contributed by atoms with van der Waals surface area (Å²) in [5.74, 6) is 5.41. The van der Waals surface area contributed by atoms with Gasteiger partial charge in [0.25, 0.3) is 0 Å². The number of unbranched alkanes of at least 4 members (excludes halogenated alkanes) is 12. The lowest BCUT2D eigenvalue weighted by atomic mass is 9.47. The van der Waals surface area contributed by atoms with Gasteiger partial charge in [-0.25, -0.2) is 0 Å². The fraction of sp³-hybridized carbons (Fsp3) is 0.933. The number of rotatable bonds is 35. The van der Waals surface area contributed by atoms with Crippen LogP contribution < -0.4 is 0 Å². The predicted octanol–water partition coefficient (Wildman–Crippen LogP) is 16.5. The van der Waals surface area contributed by atoms with Crippen molar-refractivity contribution in [2.24, 2.45) is 46.3 Å². The molecule has 0 spiro atoms. The Morgan fingerprint density at radius 2 is 1.34 bits per heavy atom. The maximum atomic E-state index is 6.57. The second-order valence-corrected chi connectivity index (χ2v) is 23.6. The topological polar surface area (TPSA) is 40.2 Å². The molecule has 0 radical (unpaired) electrons. The van der Waals surface area contributed by atoms with Crippen LogP contribution in [0.2, 0.25) is 0 Å². The molecule has 5 aliphatic rings. The minimum Gasteiger partial charge on any atom is -0.381 e. The molecule has 5 heteroatoms. The van der Waals surface area contributed by atoms with E-state index in [-0.39, 0.29) is 6.10 Å². The molecule has 4 aliphatic carbocycles. The van der Waals surface area contributed by atoms with Crippen molar-refractivity contribution < 1.29 is 18.9 Å². The van der Waals surface area contributed by atoms with Gasteiger partial charge in [-0.05, 0) is 169 Å². The number of fused-ring (bicyclic) bond motifs is 5. The predicted molar refractivity (Wildman–Crippen MR) is 278 cm³/mol. The van der Waals surface area contributed by atoms with E-state index in [0.29, 0.717) is 16.9 Å². The van der Waals surface area contributed by atoms with Gasteiger partial charge in [0.2, 0.25) is 0 Å². The molecule has 65 heavy (non-hydrogen) atoms. The Morgan fingerprint density at radius 1 is 0.662 bits per heavy atom. The molecule has 0 aromatic carbocycles. The molecular weight excluding hydrogens is 799 g/mol. The average Bonchev–Trinajstić information content (AvgIpc) is 3.45. The van der Waals surface area contributed by atoms with Crippen LogP contribution in [0.15, 0.2) is 23.8 Å². The van der Waals surface area contributed by atoms with Crippen molar-refractivity contribution in [3.63, 3.8) is 0 Å². The zero-order chi connectivity index (χ0) is 46.0. The molecule has 1 aliphatic heterocycles. The SMILES string of the molecule is CCCCCCCC/C=C\CCCCCCCCOCC(CN1CCCCCC1)OCCCOCCCOC1CC[C@@]2(C)C(=CCC3[C@@H]4CCC(C(C)CCCC(C)C)C4(C)CC[C@@H]32)C1. The highest BCUT2D eigenvalue weighted by Gasteiger charge is 2.59. The standard InChI is InChI=1S/C60H109NO4/c1-7-8-9-10-11-12-13-14-15-16-17-18-19-20-23-26-42-63-49-54(48-61-40-24-21-22-25-41-61)65-46-29-44-62-43-28-45-64-53-36-38-59(5)52(47-53)32-33-55-57-35-34-56(51(4)31-27-30-50(2)3)60(57,6)39-37-58(55)59/h14-15,32,50-51,53-58H,7-13,16-31,33-49H2,1-6H3/b15-14-/t51?,53?,54?,55?,56?,57-,58-,59-,60?/m0/s1. The van der Waals surface area contributed by atoms with Crippen molar-refractivity contribution in [1.82, 2.24) is 4.90 Å². The molecule has 0 bridgehead atoms. The van der Waals surface area contributed by atoms with Crippen molar-refractivity contribution in [2.45, 2.75) is 253 Å². The first kappa shape index (κ1) is 55.2. The van der Waals surface area contributed by atoms with E-state index in [1.165, 1.54) is 193 Å². The first-order valence-corrected chi connectivity index (χ1v) is 29.2. The van der Waals surface area contributed by atoms with Crippen LogP contribution in [-0.2, 0) is 18.9 Å². The second kappa shape index (κ2) is 31.5. The maximum absolute atomic E-state index is 6.57. The number of nitrogens with zero attached hydrogens (tertiary/aromatic N) is 1. The zero-order valence-electron chi connectivity index (χ0n) is 44.2. The number of hydrogen-bond acceptors (Lipinski definition) is 5. The van der Waals surface area contributed by atoms with Gasteiger partial charge in [-0.1, -0.05) is 155 Å². The molecule has 378 valence electrons. The Morgan fingerprint density at radius 3 is 2.06 bits per heavy atom. The second-order valence-electron chi connectivity index (χ2n) is 23.6. The first-order chi connectivity index (χ1) is 31.7. The summed E-state index contributed by atoms with van der Waals surface area (Å²) in [6, 6.07) is 0. The fourth-order valence-electron chi connectivity index (χ4n) is 14.1. The zero-order valence-corrected chi connectivity index (χ0v) is 44.2. The highest BCUT2D eigenvalue weighted by atomic mass is 16.5. The molecule has 0 aromatic rings. The largest absolute Gasteiger partial charge is 0.381 e. The van der Waals surface area contributed by atoms with Gasteiger partial charge >= 0.3 is 0 Å². The summed E-state index contributed by atoms with van der Waals surface area (Å²) in [5, 5.41) is 0. The van der Waals surface area contributed by atoms with Crippen molar-refractivity contribution >= 4 is 0 Å². The molecule has 0 N–H and O–H groups in total. The third-order valence-electron chi connectivity index (χ3n) is 18.1. The van der Waals surface area contributed by atoms with Crippen LogP contribution in [0.5, 0.6) is 0 Å². The van der Waals surface area contributed by atoms with Crippen molar-refractivity contribution in [1.29, 1.82) is 0 Å².